The molecule has 0 fully saturated rings. The Morgan fingerprint density at radius 3 is 2.06 bits per heavy atom. The number of ether oxygens (including phenoxy) is 1. The quantitative estimate of drug-likeness (QED) is 0.393. The summed E-state index contributed by atoms with van der Waals surface area (Å²) in [6, 6.07) is 3.48. The SMILES string of the molecule is CC[C@@H](C)Nc1nc(Nc2ccc(N([O-])O)cc2)nc(OC(C(F)(F)F)C(F)(F)F)n1. The molecule has 31 heavy (non-hydrogen) atoms. The van der Waals surface area contributed by atoms with Crippen molar-refractivity contribution in [2.75, 3.05) is 15.9 Å². The van der Waals surface area contributed by atoms with Gasteiger partial charge in [-0.2, -0.15) is 41.3 Å². The van der Waals surface area contributed by atoms with Gasteiger partial charge in [0, 0.05) is 11.7 Å². The first-order valence-electron chi connectivity index (χ1n) is 8.65. The van der Waals surface area contributed by atoms with Crippen molar-refractivity contribution < 1.29 is 36.3 Å². The summed E-state index contributed by atoms with van der Waals surface area (Å²) in [6.45, 7) is 3.47. The molecular formula is C16H17F6N6O3-. The Labute approximate surface area is 171 Å². The molecule has 0 aliphatic carbocycles. The molecule has 1 atom stereocenters. The van der Waals surface area contributed by atoms with E-state index in [9.17, 15) is 31.5 Å². The summed E-state index contributed by atoms with van der Waals surface area (Å²) >= 11 is 0. The smallest absolute Gasteiger partial charge is 0.434 e. The molecule has 3 N–H and O–H groups in total. The Balaban J connectivity index is 2.38. The molecule has 0 saturated carbocycles. The highest BCUT2D eigenvalue weighted by molar-refractivity contribution is 5.59. The van der Waals surface area contributed by atoms with Crippen LogP contribution >= 0.6 is 0 Å². The minimum Gasteiger partial charge on any atom is -0.733 e. The molecular weight excluding hydrogens is 438 g/mol. The number of hydrogen-bond acceptors (Lipinski definition) is 9. The minimum absolute atomic E-state index is 0.123. The lowest BCUT2D eigenvalue weighted by atomic mass is 10.3. The first kappa shape index (κ1) is 24.2. The molecule has 1 heterocycles. The van der Waals surface area contributed by atoms with Gasteiger partial charge >= 0.3 is 18.4 Å². The van der Waals surface area contributed by atoms with Gasteiger partial charge in [0.1, 0.15) is 0 Å². The zero-order valence-corrected chi connectivity index (χ0v) is 16.0. The van der Waals surface area contributed by atoms with E-state index in [2.05, 4.69) is 30.3 Å². The number of nitrogens with zero attached hydrogens (tertiary/aromatic N) is 4. The second-order valence-electron chi connectivity index (χ2n) is 6.24. The maximum absolute atomic E-state index is 12.8. The number of alkyl halides is 6. The lowest BCUT2D eigenvalue weighted by Crippen LogP contribution is -2.47. The third-order valence-electron chi connectivity index (χ3n) is 3.76. The Kier molecular flexibility index (Phi) is 7.32. The Hall–Kier alpha value is -3.07. The number of aromatic nitrogens is 3. The van der Waals surface area contributed by atoms with Crippen LogP contribution in [0.25, 0.3) is 0 Å². The minimum atomic E-state index is -5.76. The highest BCUT2D eigenvalue weighted by Gasteiger charge is 2.59. The molecule has 9 nitrogen and oxygen atoms in total. The van der Waals surface area contributed by atoms with Gasteiger partial charge < -0.3 is 25.8 Å². The van der Waals surface area contributed by atoms with Crippen LogP contribution in [0.1, 0.15) is 20.3 Å². The van der Waals surface area contributed by atoms with E-state index < -0.39 is 35.6 Å². The third kappa shape index (κ3) is 6.99. The summed E-state index contributed by atoms with van der Waals surface area (Å²) in [7, 11) is 0. The maximum Gasteiger partial charge on any atom is 0.434 e. The summed E-state index contributed by atoms with van der Waals surface area (Å²) in [6.07, 6.45) is -15.1. The molecule has 2 rings (SSSR count). The number of nitrogens with one attached hydrogen (secondary N) is 2. The van der Waals surface area contributed by atoms with E-state index in [1.54, 1.807) is 13.8 Å². The van der Waals surface area contributed by atoms with Crippen molar-refractivity contribution in [3.05, 3.63) is 29.5 Å². The summed E-state index contributed by atoms with van der Waals surface area (Å²) < 4.78 is 81.0. The van der Waals surface area contributed by atoms with Crippen molar-refractivity contribution in [1.82, 2.24) is 15.0 Å². The van der Waals surface area contributed by atoms with Crippen LogP contribution in [0, 0.1) is 5.21 Å². The predicted molar refractivity (Wildman–Crippen MR) is 97.1 cm³/mol. The van der Waals surface area contributed by atoms with Crippen molar-refractivity contribution in [2.45, 2.75) is 44.8 Å². The molecule has 0 bridgehead atoms. The Bertz CT molecular complexity index is 848. The lowest BCUT2D eigenvalue weighted by molar-refractivity contribution is -0.301. The van der Waals surface area contributed by atoms with E-state index in [-0.39, 0.29) is 23.4 Å². The van der Waals surface area contributed by atoms with Crippen molar-refractivity contribution in [3.8, 4) is 6.01 Å². The molecule has 0 radical (unpaired) electrons. The number of hydrogen-bond donors (Lipinski definition) is 3. The third-order valence-corrected chi connectivity index (χ3v) is 3.76. The van der Waals surface area contributed by atoms with Gasteiger partial charge in [-0.05, 0) is 37.6 Å². The van der Waals surface area contributed by atoms with Crippen LogP contribution in [0.2, 0.25) is 0 Å². The molecule has 0 amide bonds. The normalized spacial score (nSPS) is 13.1. The van der Waals surface area contributed by atoms with Crippen LogP contribution in [0.4, 0.5) is 49.6 Å². The first-order chi connectivity index (χ1) is 14.3. The van der Waals surface area contributed by atoms with Crippen LogP contribution in [0.3, 0.4) is 0 Å². The van der Waals surface area contributed by atoms with Gasteiger partial charge in [0.25, 0.3) is 6.10 Å². The zero-order chi connectivity index (χ0) is 23.4. The molecule has 0 spiro atoms. The molecule has 1 aromatic heterocycles. The van der Waals surface area contributed by atoms with E-state index in [0.29, 0.717) is 6.42 Å². The van der Waals surface area contributed by atoms with Crippen molar-refractivity contribution in [1.29, 1.82) is 0 Å². The van der Waals surface area contributed by atoms with Gasteiger partial charge in [-0.3, -0.25) is 5.21 Å². The van der Waals surface area contributed by atoms with Crippen LogP contribution in [-0.2, 0) is 0 Å². The number of anilines is 4. The van der Waals surface area contributed by atoms with Gasteiger partial charge in [-0.15, -0.1) is 0 Å². The molecule has 0 saturated heterocycles. The number of halogens is 6. The molecule has 1 aromatic carbocycles. The first-order valence-corrected chi connectivity index (χ1v) is 8.65. The van der Waals surface area contributed by atoms with Gasteiger partial charge in [0.15, 0.2) is 0 Å². The summed E-state index contributed by atoms with van der Waals surface area (Å²) in [5.41, 5.74) is 0.0861. The maximum atomic E-state index is 12.8. The monoisotopic (exact) mass is 455 g/mol. The standard InChI is InChI=1S/C16H17F6N6O3/c1-3-8(2)23-12-25-13(24-9-4-6-10(7-5-9)28(29)30)27-14(26-12)31-11(15(17,18)19)16(20,21)22/h4-8,11,29H,3H2,1-2H3,(H2,23,24,25,26,27)/q-1/t8-/m1/s1. The molecule has 0 unspecified atom stereocenters. The van der Waals surface area contributed by atoms with Gasteiger partial charge in [0.05, 0.1) is 5.69 Å². The van der Waals surface area contributed by atoms with E-state index in [1.807, 2.05) is 0 Å². The van der Waals surface area contributed by atoms with Crippen LogP contribution < -0.4 is 20.6 Å². The fourth-order valence-electron chi connectivity index (χ4n) is 2.08. The lowest BCUT2D eigenvalue weighted by Gasteiger charge is -2.23. The molecule has 0 aliphatic heterocycles. The topological polar surface area (TPSA) is 118 Å². The van der Waals surface area contributed by atoms with Crippen LogP contribution in [-0.4, -0.2) is 44.7 Å². The molecule has 2 aromatic rings. The summed E-state index contributed by atoms with van der Waals surface area (Å²) in [4.78, 5) is 10.9. The van der Waals surface area contributed by atoms with Crippen molar-refractivity contribution in [3.63, 3.8) is 0 Å². The van der Waals surface area contributed by atoms with Crippen molar-refractivity contribution >= 4 is 23.3 Å². The van der Waals surface area contributed by atoms with Crippen LogP contribution in [0.15, 0.2) is 24.3 Å². The van der Waals surface area contributed by atoms with E-state index in [0.717, 1.165) is 0 Å². The van der Waals surface area contributed by atoms with Gasteiger partial charge in [-0.1, -0.05) is 6.92 Å². The number of rotatable bonds is 8. The highest BCUT2D eigenvalue weighted by atomic mass is 19.4. The summed E-state index contributed by atoms with van der Waals surface area (Å²) in [5.74, 6) is -0.739. The highest BCUT2D eigenvalue weighted by Crippen LogP contribution is 2.36. The number of benzene rings is 1. The average Bonchev–Trinajstić information content (AvgIpc) is 2.64. The fourth-order valence-corrected chi connectivity index (χ4v) is 2.08. The fraction of sp³-hybridized carbons (Fsp3) is 0.438. The largest absolute Gasteiger partial charge is 0.733 e. The predicted octanol–water partition coefficient (Wildman–Crippen LogP) is 4.39. The van der Waals surface area contributed by atoms with Gasteiger partial charge in [-0.25, -0.2) is 0 Å². The Morgan fingerprint density at radius 1 is 1.03 bits per heavy atom. The van der Waals surface area contributed by atoms with E-state index >= 15 is 0 Å². The van der Waals surface area contributed by atoms with E-state index in [1.165, 1.54) is 24.3 Å². The van der Waals surface area contributed by atoms with E-state index in [4.69, 9.17) is 5.21 Å². The van der Waals surface area contributed by atoms with Gasteiger partial charge in [0.2, 0.25) is 11.9 Å². The van der Waals surface area contributed by atoms with Crippen molar-refractivity contribution in [2.24, 2.45) is 0 Å². The average molecular weight is 455 g/mol. The summed E-state index contributed by atoms with van der Waals surface area (Å²) in [5, 5.41) is 24.5. The molecule has 15 heteroatoms. The second-order valence-corrected chi connectivity index (χ2v) is 6.24. The molecule has 172 valence electrons. The zero-order valence-electron chi connectivity index (χ0n) is 16.0. The molecule has 0 aliphatic rings. The second kappa shape index (κ2) is 9.38. The Morgan fingerprint density at radius 2 is 1.58 bits per heavy atom. The van der Waals surface area contributed by atoms with Crippen LogP contribution in [0.5, 0.6) is 6.01 Å².